The van der Waals surface area contributed by atoms with Gasteiger partial charge in [0.1, 0.15) is 0 Å². The Kier molecular flexibility index (Phi) is 8.71. The maximum absolute atomic E-state index is 12.3. The van der Waals surface area contributed by atoms with Crippen LogP contribution in [0.1, 0.15) is 62.5 Å². The van der Waals surface area contributed by atoms with Crippen LogP contribution in [-0.2, 0) is 25.5 Å². The van der Waals surface area contributed by atoms with E-state index in [-0.39, 0.29) is 24.2 Å². The average molecular weight is 553 g/mol. The molecule has 212 valence electrons. The van der Waals surface area contributed by atoms with Crippen molar-refractivity contribution in [1.29, 1.82) is 0 Å². The third-order valence-corrected chi connectivity index (χ3v) is 7.53. The molecule has 0 saturated heterocycles. The minimum absolute atomic E-state index is 0.149. The van der Waals surface area contributed by atoms with Gasteiger partial charge in [0.15, 0.2) is 0 Å². The van der Waals surface area contributed by atoms with Crippen LogP contribution in [0.15, 0.2) is 87.4 Å². The second-order valence-corrected chi connectivity index (χ2v) is 10.1. The van der Waals surface area contributed by atoms with Gasteiger partial charge in [-0.3, -0.25) is 14.4 Å². The Balaban J connectivity index is 1.78. The number of aromatic nitrogens is 1. The molecule has 1 aromatic heterocycles. The highest BCUT2D eigenvalue weighted by Gasteiger charge is 2.25. The molecule has 0 fully saturated rings. The van der Waals surface area contributed by atoms with E-state index in [0.29, 0.717) is 29.0 Å². The Morgan fingerprint density at radius 3 is 2.27 bits per heavy atom. The number of ether oxygens (including phenoxy) is 1. The van der Waals surface area contributed by atoms with Crippen LogP contribution in [0.3, 0.4) is 0 Å². The lowest BCUT2D eigenvalue weighted by Crippen LogP contribution is -2.16. The predicted molar refractivity (Wildman–Crippen MR) is 162 cm³/mol. The third kappa shape index (κ3) is 5.91. The van der Waals surface area contributed by atoms with Crippen molar-refractivity contribution in [3.05, 3.63) is 105 Å². The molecular formula is C33H36N4O4. The van der Waals surface area contributed by atoms with Crippen LogP contribution in [0, 0.1) is 6.92 Å². The van der Waals surface area contributed by atoms with Crippen LogP contribution in [0.4, 0.5) is 0 Å². The lowest BCUT2D eigenvalue weighted by molar-refractivity contribution is -0.140. The number of aromatic amines is 1. The first kappa shape index (κ1) is 29.3. The number of rotatable bonds is 10. The van der Waals surface area contributed by atoms with Crippen molar-refractivity contribution in [3.63, 3.8) is 0 Å². The molecule has 1 aromatic rings. The zero-order chi connectivity index (χ0) is 29.8. The summed E-state index contributed by atoms with van der Waals surface area (Å²) in [5.74, 6) is -0.610. The number of nitrogens with zero attached hydrogens (tertiary/aromatic N) is 1. The van der Waals surface area contributed by atoms with Gasteiger partial charge in [-0.05, 0) is 80.2 Å². The minimum atomic E-state index is -0.292. The second-order valence-electron chi connectivity index (χ2n) is 10.1. The molecule has 0 radical (unpaired) electrons. The number of allylic oxidation sites excluding steroid dienone is 5. The first-order valence-corrected chi connectivity index (χ1v) is 13.6. The molecule has 0 unspecified atom stereocenters. The molecule has 0 saturated carbocycles. The maximum Gasteiger partial charge on any atom is 0.305 e. The Hall–Kier alpha value is -4.72. The fraction of sp³-hybridized carbons (Fsp3) is 0.273. The maximum atomic E-state index is 12.3. The van der Waals surface area contributed by atoms with Gasteiger partial charge in [0.2, 0.25) is 0 Å². The van der Waals surface area contributed by atoms with Crippen molar-refractivity contribution in [1.82, 2.24) is 15.6 Å². The molecule has 2 amide bonds. The molecule has 3 N–H and O–H groups in total. The van der Waals surface area contributed by atoms with Crippen molar-refractivity contribution in [2.45, 2.75) is 53.4 Å². The zero-order valence-electron chi connectivity index (χ0n) is 24.3. The molecule has 3 aliphatic rings. The van der Waals surface area contributed by atoms with Crippen molar-refractivity contribution in [3.8, 4) is 0 Å². The van der Waals surface area contributed by atoms with Crippen LogP contribution in [0.2, 0.25) is 0 Å². The highest BCUT2D eigenvalue weighted by atomic mass is 16.5. The summed E-state index contributed by atoms with van der Waals surface area (Å²) in [6.07, 6.45) is 13.5. The van der Waals surface area contributed by atoms with Crippen LogP contribution in [0.5, 0.6) is 0 Å². The Labute approximate surface area is 240 Å². The first-order chi connectivity index (χ1) is 19.6. The molecule has 8 heteroatoms. The molecule has 0 bridgehead atoms. The van der Waals surface area contributed by atoms with Crippen LogP contribution in [-0.4, -0.2) is 35.6 Å². The van der Waals surface area contributed by atoms with Gasteiger partial charge >= 0.3 is 5.97 Å². The standard InChI is InChI=1S/C33H36N4O4/c1-8-11-21-14-22(15-26-18(4)24(10-3)33(40)36-26)34-28(21)17-30-25(12-13-31(38)41-7)19(5)27(35-30)16-29-23(9-2)20(6)32(39)37-29/h9-10,14-17,35H,2-3,8,11-13H2,1,4-7H3,(H,36,40)(H,37,39)/b26-15-,28-17-,29-16-. The van der Waals surface area contributed by atoms with Gasteiger partial charge in [0.05, 0.1) is 24.2 Å². The van der Waals surface area contributed by atoms with E-state index in [1.54, 1.807) is 19.1 Å². The molecule has 8 nitrogen and oxygen atoms in total. The number of carbonyl (C=O) groups excluding carboxylic acids is 3. The van der Waals surface area contributed by atoms with E-state index < -0.39 is 0 Å². The van der Waals surface area contributed by atoms with Crippen molar-refractivity contribution in [2.24, 2.45) is 4.99 Å². The number of nitrogens with one attached hydrogen (secondary N) is 3. The number of methoxy groups -OCH3 is 1. The summed E-state index contributed by atoms with van der Waals surface area (Å²) in [5, 5.41) is 5.80. The Bertz CT molecular complexity index is 1580. The lowest BCUT2D eigenvalue weighted by Gasteiger charge is -2.05. The molecule has 0 aromatic carbocycles. The summed E-state index contributed by atoms with van der Waals surface area (Å²) in [6.45, 7) is 15.4. The molecular weight excluding hydrogens is 516 g/mol. The molecule has 0 spiro atoms. The molecule has 4 heterocycles. The van der Waals surface area contributed by atoms with Crippen molar-refractivity contribution >= 4 is 35.6 Å². The SMILES string of the molecule is C=CC1=C(C)/C(=C/C2=NC(=C\c3[nH]c(/C=C4\NC(=O)C(C)=C4C=C)c(C)c3CCC(=O)OC)/C(CCC)=C2)NC1=O. The molecule has 0 atom stereocenters. The van der Waals surface area contributed by atoms with E-state index in [4.69, 9.17) is 9.73 Å². The first-order valence-electron chi connectivity index (χ1n) is 13.6. The summed E-state index contributed by atoms with van der Waals surface area (Å²) in [7, 11) is 1.38. The van der Waals surface area contributed by atoms with E-state index in [9.17, 15) is 14.4 Å². The summed E-state index contributed by atoms with van der Waals surface area (Å²) >= 11 is 0. The van der Waals surface area contributed by atoms with E-state index in [2.05, 4.69) is 35.7 Å². The molecule has 3 aliphatic heterocycles. The number of hydrogen-bond donors (Lipinski definition) is 3. The summed E-state index contributed by atoms with van der Waals surface area (Å²) in [4.78, 5) is 45.0. The van der Waals surface area contributed by atoms with Gasteiger partial charge in [-0.25, -0.2) is 4.99 Å². The third-order valence-electron chi connectivity index (χ3n) is 7.53. The lowest BCUT2D eigenvalue weighted by atomic mass is 10.0. The highest BCUT2D eigenvalue weighted by molar-refractivity contribution is 6.11. The van der Waals surface area contributed by atoms with E-state index in [0.717, 1.165) is 63.5 Å². The van der Waals surface area contributed by atoms with Gasteiger partial charge in [-0.15, -0.1) is 0 Å². The topological polar surface area (TPSA) is 113 Å². The second kappa shape index (κ2) is 12.2. The zero-order valence-corrected chi connectivity index (χ0v) is 24.3. The fourth-order valence-corrected chi connectivity index (χ4v) is 5.16. The number of carbonyl (C=O) groups is 3. The molecule has 0 aliphatic carbocycles. The molecule has 41 heavy (non-hydrogen) atoms. The van der Waals surface area contributed by atoms with Gasteiger partial charge in [0, 0.05) is 40.2 Å². The minimum Gasteiger partial charge on any atom is -0.469 e. The largest absolute Gasteiger partial charge is 0.469 e. The highest BCUT2D eigenvalue weighted by Crippen LogP contribution is 2.32. The van der Waals surface area contributed by atoms with E-state index in [1.807, 2.05) is 38.2 Å². The summed E-state index contributed by atoms with van der Waals surface area (Å²) in [5.41, 5.74) is 10.4. The quantitative estimate of drug-likeness (QED) is 0.336. The van der Waals surface area contributed by atoms with Crippen molar-refractivity contribution < 1.29 is 19.1 Å². The predicted octanol–water partition coefficient (Wildman–Crippen LogP) is 5.44. The van der Waals surface area contributed by atoms with E-state index in [1.165, 1.54) is 7.11 Å². The van der Waals surface area contributed by atoms with Gasteiger partial charge in [-0.1, -0.05) is 38.7 Å². The average Bonchev–Trinajstić information content (AvgIpc) is 3.62. The summed E-state index contributed by atoms with van der Waals surface area (Å²) < 4.78 is 4.89. The number of H-pyrrole nitrogens is 1. The van der Waals surface area contributed by atoms with Crippen molar-refractivity contribution in [2.75, 3.05) is 7.11 Å². The normalized spacial score (nSPS) is 19.8. The number of amides is 2. The van der Waals surface area contributed by atoms with Gasteiger partial charge < -0.3 is 20.4 Å². The van der Waals surface area contributed by atoms with E-state index >= 15 is 0 Å². The monoisotopic (exact) mass is 552 g/mol. The number of esters is 1. The molecule has 4 rings (SSSR count). The van der Waals surface area contributed by atoms with Crippen LogP contribution >= 0.6 is 0 Å². The summed E-state index contributed by atoms with van der Waals surface area (Å²) in [6, 6.07) is 0. The van der Waals surface area contributed by atoms with Crippen LogP contribution < -0.4 is 10.6 Å². The smallest absolute Gasteiger partial charge is 0.305 e. The fourth-order valence-electron chi connectivity index (χ4n) is 5.16. The Morgan fingerprint density at radius 2 is 1.63 bits per heavy atom. The number of hydrogen-bond acceptors (Lipinski definition) is 5. The van der Waals surface area contributed by atoms with Gasteiger partial charge in [-0.2, -0.15) is 0 Å². The van der Waals surface area contributed by atoms with Crippen LogP contribution in [0.25, 0.3) is 12.2 Å². The van der Waals surface area contributed by atoms with Gasteiger partial charge in [0.25, 0.3) is 11.8 Å². The number of aliphatic imine (C=N–C) groups is 1. The Morgan fingerprint density at radius 1 is 0.927 bits per heavy atom.